The van der Waals surface area contributed by atoms with Crippen molar-refractivity contribution < 1.29 is 14.4 Å². The van der Waals surface area contributed by atoms with E-state index in [1.54, 1.807) is 24.3 Å². The van der Waals surface area contributed by atoms with E-state index in [-0.39, 0.29) is 36.6 Å². The summed E-state index contributed by atoms with van der Waals surface area (Å²) in [7, 11) is 0. The molecule has 0 saturated carbocycles. The topological polar surface area (TPSA) is 73.5 Å². The van der Waals surface area contributed by atoms with Crippen LogP contribution < -0.4 is 0 Å². The molecule has 3 aromatic rings. The molecule has 3 heterocycles. The normalized spacial score (nSPS) is 17.3. The van der Waals surface area contributed by atoms with Gasteiger partial charge in [0.25, 0.3) is 11.8 Å². The molecule has 0 bridgehead atoms. The van der Waals surface area contributed by atoms with Crippen molar-refractivity contribution in [3.8, 4) is 0 Å². The molecule has 0 spiro atoms. The summed E-state index contributed by atoms with van der Waals surface area (Å²) in [6.07, 6.45) is 5.40. The van der Waals surface area contributed by atoms with Crippen molar-refractivity contribution in [2.24, 2.45) is 0 Å². The smallest absolute Gasteiger partial charge is 0.261 e. The molecule has 0 radical (unpaired) electrons. The lowest BCUT2D eigenvalue weighted by Crippen LogP contribution is -2.39. The Morgan fingerprint density at radius 1 is 0.903 bits per heavy atom. The van der Waals surface area contributed by atoms with Crippen molar-refractivity contribution in [3.63, 3.8) is 0 Å². The Morgan fingerprint density at radius 3 is 2.26 bits per heavy atom. The Balaban J connectivity index is 1.46. The van der Waals surface area contributed by atoms with Gasteiger partial charge in [-0.2, -0.15) is 0 Å². The number of carbonyl (C=O) groups is 3. The van der Waals surface area contributed by atoms with Gasteiger partial charge in [-0.1, -0.05) is 30.3 Å². The van der Waals surface area contributed by atoms with Crippen molar-refractivity contribution in [3.05, 3.63) is 71.4 Å². The maximum absolute atomic E-state index is 13.1. The average molecular weight is 415 g/mol. The largest absolute Gasteiger partial charge is 0.361 e. The third-order valence-corrected chi connectivity index (χ3v) is 6.47. The summed E-state index contributed by atoms with van der Waals surface area (Å²) in [4.78, 5) is 45.6. The first kappa shape index (κ1) is 19.5. The number of carbonyl (C=O) groups excluding carboxylic acids is 3. The minimum Gasteiger partial charge on any atom is -0.361 e. The molecule has 1 aromatic heterocycles. The third kappa shape index (κ3) is 3.52. The number of para-hydroxylation sites is 1. The number of hydrogen-bond donors (Lipinski definition) is 1. The molecular weight excluding hydrogens is 390 g/mol. The van der Waals surface area contributed by atoms with Crippen LogP contribution in [0.5, 0.6) is 0 Å². The van der Waals surface area contributed by atoms with Gasteiger partial charge in [-0.25, -0.2) is 0 Å². The molecule has 1 fully saturated rings. The van der Waals surface area contributed by atoms with E-state index in [9.17, 15) is 14.4 Å². The van der Waals surface area contributed by atoms with Gasteiger partial charge in [0, 0.05) is 49.1 Å². The molecule has 2 aliphatic rings. The van der Waals surface area contributed by atoms with Crippen LogP contribution >= 0.6 is 0 Å². The molecule has 31 heavy (non-hydrogen) atoms. The molecule has 158 valence electrons. The first-order valence-electron chi connectivity index (χ1n) is 10.9. The van der Waals surface area contributed by atoms with Crippen molar-refractivity contribution in [1.82, 2.24) is 14.8 Å². The minimum atomic E-state index is -0.282. The number of piperidine rings is 1. The Morgan fingerprint density at radius 2 is 1.55 bits per heavy atom. The fourth-order valence-corrected chi connectivity index (χ4v) is 4.81. The highest BCUT2D eigenvalue weighted by molar-refractivity contribution is 6.21. The monoisotopic (exact) mass is 415 g/mol. The lowest BCUT2D eigenvalue weighted by molar-refractivity contribution is -0.132. The van der Waals surface area contributed by atoms with Crippen LogP contribution in [0.1, 0.15) is 57.9 Å². The number of hydrogen-bond acceptors (Lipinski definition) is 3. The van der Waals surface area contributed by atoms with E-state index in [0.29, 0.717) is 11.1 Å². The van der Waals surface area contributed by atoms with E-state index >= 15 is 0 Å². The van der Waals surface area contributed by atoms with E-state index in [1.165, 1.54) is 4.90 Å². The zero-order chi connectivity index (χ0) is 21.4. The number of benzene rings is 2. The number of amides is 3. The number of fused-ring (bicyclic) bond motifs is 2. The number of aromatic nitrogens is 1. The van der Waals surface area contributed by atoms with Crippen molar-refractivity contribution in [1.29, 1.82) is 0 Å². The second-order valence-corrected chi connectivity index (χ2v) is 8.40. The molecule has 1 unspecified atom stereocenters. The Hall–Kier alpha value is -3.41. The molecule has 0 aliphatic carbocycles. The Labute approximate surface area is 180 Å². The molecule has 1 saturated heterocycles. The molecule has 6 heteroatoms. The Bertz CT molecular complexity index is 1120. The van der Waals surface area contributed by atoms with Gasteiger partial charge in [0.05, 0.1) is 11.1 Å². The van der Waals surface area contributed by atoms with Crippen LogP contribution in [0, 0.1) is 0 Å². The second-order valence-electron chi connectivity index (χ2n) is 8.40. The average Bonchev–Trinajstić information content (AvgIpc) is 3.34. The van der Waals surface area contributed by atoms with Gasteiger partial charge < -0.3 is 9.88 Å². The highest BCUT2D eigenvalue weighted by atomic mass is 16.2. The number of imide groups is 1. The molecular formula is C25H25N3O3. The number of rotatable bonds is 5. The number of aromatic amines is 1. The first-order chi connectivity index (χ1) is 15.1. The van der Waals surface area contributed by atoms with Gasteiger partial charge in [-0.3, -0.25) is 19.3 Å². The number of likely N-dealkylation sites (tertiary alicyclic amines) is 1. The molecule has 2 aromatic carbocycles. The number of H-pyrrole nitrogens is 1. The maximum Gasteiger partial charge on any atom is 0.261 e. The zero-order valence-corrected chi connectivity index (χ0v) is 17.3. The quantitative estimate of drug-likeness (QED) is 0.641. The van der Waals surface area contributed by atoms with E-state index in [4.69, 9.17) is 0 Å². The predicted molar refractivity (Wildman–Crippen MR) is 118 cm³/mol. The molecule has 2 aliphatic heterocycles. The lowest BCUT2D eigenvalue weighted by Gasteiger charge is -2.29. The van der Waals surface area contributed by atoms with Gasteiger partial charge in [-0.05, 0) is 43.0 Å². The summed E-state index contributed by atoms with van der Waals surface area (Å²) < 4.78 is 0. The van der Waals surface area contributed by atoms with E-state index < -0.39 is 0 Å². The lowest BCUT2D eigenvalue weighted by atomic mass is 9.93. The highest BCUT2D eigenvalue weighted by Crippen LogP contribution is 2.32. The summed E-state index contributed by atoms with van der Waals surface area (Å²) in [6.45, 7) is 1.76. The minimum absolute atomic E-state index is 0.0894. The van der Waals surface area contributed by atoms with Gasteiger partial charge in [0.1, 0.15) is 0 Å². The molecule has 3 amide bonds. The summed E-state index contributed by atoms with van der Waals surface area (Å²) >= 11 is 0. The summed E-state index contributed by atoms with van der Waals surface area (Å²) in [5.41, 5.74) is 2.83. The van der Waals surface area contributed by atoms with Gasteiger partial charge in [0.15, 0.2) is 0 Å². The van der Waals surface area contributed by atoms with Crippen molar-refractivity contribution >= 4 is 28.6 Å². The van der Waals surface area contributed by atoms with E-state index in [2.05, 4.69) is 4.98 Å². The fourth-order valence-electron chi connectivity index (χ4n) is 4.81. The third-order valence-electron chi connectivity index (χ3n) is 6.47. The fraction of sp³-hybridized carbons (Fsp3) is 0.320. The van der Waals surface area contributed by atoms with Crippen molar-refractivity contribution in [2.45, 2.75) is 31.6 Å². The van der Waals surface area contributed by atoms with Gasteiger partial charge in [-0.15, -0.1) is 0 Å². The molecule has 1 atom stereocenters. The van der Waals surface area contributed by atoms with Crippen molar-refractivity contribution in [2.75, 3.05) is 19.6 Å². The van der Waals surface area contributed by atoms with E-state index in [1.807, 2.05) is 35.4 Å². The first-order valence-corrected chi connectivity index (χ1v) is 10.9. The molecule has 5 rings (SSSR count). The highest BCUT2D eigenvalue weighted by Gasteiger charge is 2.37. The maximum atomic E-state index is 13.1. The van der Waals surface area contributed by atoms with Crippen LogP contribution in [0.3, 0.4) is 0 Å². The van der Waals surface area contributed by atoms with Gasteiger partial charge >= 0.3 is 0 Å². The van der Waals surface area contributed by atoms with Crippen LogP contribution in [0.25, 0.3) is 10.9 Å². The van der Waals surface area contributed by atoms with Crippen LogP contribution in [-0.4, -0.2) is 52.1 Å². The standard InChI is InChI=1S/C25H25N3O3/c29-23(27-12-6-1-7-13-27)14-17(21-15-26-22-11-5-4-8-18(21)22)16-28-24(30)19-9-2-3-10-20(19)25(28)31/h2-5,8-11,15,17,26H,1,6-7,12-14,16H2. The summed E-state index contributed by atoms with van der Waals surface area (Å²) in [5.74, 6) is -0.744. The summed E-state index contributed by atoms with van der Waals surface area (Å²) in [6, 6.07) is 14.8. The SMILES string of the molecule is O=C(CC(CN1C(=O)c2ccccc2C1=O)c1c[nH]c2ccccc12)N1CCCCC1. The molecule has 1 N–H and O–H groups in total. The molecule has 6 nitrogen and oxygen atoms in total. The predicted octanol–water partition coefficient (Wildman–Crippen LogP) is 3.95. The van der Waals surface area contributed by atoms with Crippen LogP contribution in [-0.2, 0) is 4.79 Å². The van der Waals surface area contributed by atoms with Crippen LogP contribution in [0.2, 0.25) is 0 Å². The van der Waals surface area contributed by atoms with Crippen LogP contribution in [0.15, 0.2) is 54.7 Å². The van der Waals surface area contributed by atoms with E-state index in [0.717, 1.165) is 48.8 Å². The number of nitrogens with zero attached hydrogens (tertiary/aromatic N) is 2. The van der Waals surface area contributed by atoms with Gasteiger partial charge in [0.2, 0.25) is 5.91 Å². The Kier molecular flexibility index (Phi) is 5.06. The number of nitrogens with one attached hydrogen (secondary N) is 1. The van der Waals surface area contributed by atoms with Crippen LogP contribution in [0.4, 0.5) is 0 Å². The summed E-state index contributed by atoms with van der Waals surface area (Å²) in [5, 5.41) is 1.02. The second kappa shape index (κ2) is 8.02. The zero-order valence-electron chi connectivity index (χ0n) is 17.3.